The van der Waals surface area contributed by atoms with Crippen molar-refractivity contribution in [1.82, 2.24) is 4.90 Å². The standard InChI is InChI=1S/C11H18N4O/c1-11(2,14)9-10(16)15(7-3-5-12)8-4-6-13/h3-4,7-9,14H2,1-2H3. The minimum absolute atomic E-state index is 0.0991. The third-order valence-corrected chi connectivity index (χ3v) is 1.95. The summed E-state index contributed by atoms with van der Waals surface area (Å²) in [6, 6.07) is 3.97. The average molecular weight is 222 g/mol. The Morgan fingerprint density at radius 2 is 1.69 bits per heavy atom. The van der Waals surface area contributed by atoms with Crippen LogP contribution in [0.5, 0.6) is 0 Å². The summed E-state index contributed by atoms with van der Waals surface area (Å²) >= 11 is 0. The van der Waals surface area contributed by atoms with Gasteiger partial charge in [0.1, 0.15) is 0 Å². The number of hydrogen-bond donors (Lipinski definition) is 1. The SMILES string of the molecule is CC(C)(N)CC(=O)N(CCC#N)CCC#N. The van der Waals surface area contributed by atoms with E-state index in [0.29, 0.717) is 13.1 Å². The Labute approximate surface area is 96.4 Å². The van der Waals surface area contributed by atoms with Crippen LogP contribution in [0.15, 0.2) is 0 Å². The molecule has 88 valence electrons. The smallest absolute Gasteiger partial charge is 0.224 e. The molecule has 0 radical (unpaired) electrons. The van der Waals surface area contributed by atoms with E-state index in [-0.39, 0.29) is 25.2 Å². The molecule has 0 atom stereocenters. The summed E-state index contributed by atoms with van der Waals surface area (Å²) in [5.74, 6) is -0.0991. The molecule has 5 nitrogen and oxygen atoms in total. The summed E-state index contributed by atoms with van der Waals surface area (Å²) in [7, 11) is 0. The van der Waals surface area contributed by atoms with Gasteiger partial charge in [-0.1, -0.05) is 0 Å². The van der Waals surface area contributed by atoms with Gasteiger partial charge in [0.25, 0.3) is 0 Å². The lowest BCUT2D eigenvalue weighted by Crippen LogP contribution is -2.41. The van der Waals surface area contributed by atoms with Crippen molar-refractivity contribution in [2.24, 2.45) is 5.73 Å². The Hall–Kier alpha value is -1.59. The number of rotatable bonds is 6. The number of nitrogens with two attached hydrogens (primary N) is 1. The van der Waals surface area contributed by atoms with E-state index in [0.717, 1.165) is 0 Å². The van der Waals surface area contributed by atoms with Gasteiger partial charge in [-0.05, 0) is 13.8 Å². The van der Waals surface area contributed by atoms with Crippen LogP contribution >= 0.6 is 0 Å². The molecule has 0 aliphatic heterocycles. The first-order valence-electron chi connectivity index (χ1n) is 5.21. The first kappa shape index (κ1) is 14.4. The molecule has 0 heterocycles. The molecule has 0 spiro atoms. The van der Waals surface area contributed by atoms with E-state index in [1.54, 1.807) is 13.8 Å². The van der Waals surface area contributed by atoms with Gasteiger partial charge >= 0.3 is 0 Å². The summed E-state index contributed by atoms with van der Waals surface area (Å²) in [6.45, 7) is 4.29. The number of nitriles is 2. The van der Waals surface area contributed by atoms with Gasteiger partial charge in [-0.15, -0.1) is 0 Å². The van der Waals surface area contributed by atoms with Crippen molar-refractivity contribution in [3.05, 3.63) is 0 Å². The number of nitrogens with zero attached hydrogens (tertiary/aromatic N) is 3. The molecule has 1 amide bonds. The van der Waals surface area contributed by atoms with Crippen LogP contribution in [0, 0.1) is 22.7 Å². The predicted molar refractivity (Wildman–Crippen MR) is 59.9 cm³/mol. The van der Waals surface area contributed by atoms with E-state index in [4.69, 9.17) is 16.3 Å². The van der Waals surface area contributed by atoms with Gasteiger partial charge in [-0.25, -0.2) is 0 Å². The van der Waals surface area contributed by atoms with Crippen molar-refractivity contribution in [2.75, 3.05) is 13.1 Å². The van der Waals surface area contributed by atoms with Crippen molar-refractivity contribution >= 4 is 5.91 Å². The largest absolute Gasteiger partial charge is 0.341 e. The summed E-state index contributed by atoms with van der Waals surface area (Å²) in [5, 5.41) is 17.0. The first-order valence-corrected chi connectivity index (χ1v) is 5.21. The summed E-state index contributed by atoms with van der Waals surface area (Å²) in [6.07, 6.45) is 0.786. The van der Waals surface area contributed by atoms with Gasteiger partial charge in [0, 0.05) is 25.0 Å². The third-order valence-electron chi connectivity index (χ3n) is 1.95. The van der Waals surface area contributed by atoms with E-state index >= 15 is 0 Å². The van der Waals surface area contributed by atoms with Crippen molar-refractivity contribution in [1.29, 1.82) is 10.5 Å². The zero-order valence-corrected chi connectivity index (χ0v) is 9.86. The highest BCUT2D eigenvalue weighted by molar-refractivity contribution is 5.77. The van der Waals surface area contributed by atoms with Crippen LogP contribution < -0.4 is 5.73 Å². The zero-order valence-electron chi connectivity index (χ0n) is 9.86. The third kappa shape index (κ3) is 6.80. The molecule has 0 aromatic carbocycles. The zero-order chi connectivity index (χ0) is 12.6. The predicted octanol–water partition coefficient (Wildman–Crippen LogP) is 0.770. The fraction of sp³-hybridized carbons (Fsp3) is 0.727. The number of carbonyl (C=O) groups excluding carboxylic acids is 1. The lowest BCUT2D eigenvalue weighted by atomic mass is 10.0. The van der Waals surface area contributed by atoms with Gasteiger partial charge < -0.3 is 10.6 Å². The second kappa shape index (κ2) is 6.81. The molecular formula is C11H18N4O. The van der Waals surface area contributed by atoms with Gasteiger partial charge in [0.2, 0.25) is 5.91 Å². The van der Waals surface area contributed by atoms with Crippen LogP contribution in [0.2, 0.25) is 0 Å². The molecule has 0 aliphatic rings. The Kier molecular flexibility index (Phi) is 6.14. The maximum Gasteiger partial charge on any atom is 0.224 e. The summed E-state index contributed by atoms with van der Waals surface area (Å²) in [5.41, 5.74) is 5.19. The Morgan fingerprint density at radius 1 is 1.25 bits per heavy atom. The highest BCUT2D eigenvalue weighted by Crippen LogP contribution is 2.08. The second-order valence-corrected chi connectivity index (χ2v) is 4.36. The Bertz CT molecular complexity index is 287. The lowest BCUT2D eigenvalue weighted by Gasteiger charge is -2.25. The minimum Gasteiger partial charge on any atom is -0.341 e. The molecule has 0 saturated heterocycles. The maximum absolute atomic E-state index is 11.8. The highest BCUT2D eigenvalue weighted by Gasteiger charge is 2.20. The molecule has 0 aliphatic carbocycles. The van der Waals surface area contributed by atoms with Crippen LogP contribution in [0.4, 0.5) is 0 Å². The van der Waals surface area contributed by atoms with Gasteiger partial charge in [-0.3, -0.25) is 4.79 Å². The van der Waals surface area contributed by atoms with E-state index in [1.807, 2.05) is 12.1 Å². The fourth-order valence-corrected chi connectivity index (χ4v) is 1.23. The van der Waals surface area contributed by atoms with E-state index < -0.39 is 5.54 Å². The molecule has 0 saturated carbocycles. The van der Waals surface area contributed by atoms with Crippen LogP contribution in [0.3, 0.4) is 0 Å². The molecule has 0 aromatic heterocycles. The molecule has 16 heavy (non-hydrogen) atoms. The molecular weight excluding hydrogens is 204 g/mol. The first-order chi connectivity index (χ1) is 7.40. The second-order valence-electron chi connectivity index (χ2n) is 4.36. The lowest BCUT2D eigenvalue weighted by molar-refractivity contribution is -0.132. The summed E-state index contributed by atoms with van der Waals surface area (Å²) in [4.78, 5) is 13.3. The van der Waals surface area contributed by atoms with Crippen LogP contribution in [0.25, 0.3) is 0 Å². The minimum atomic E-state index is -0.561. The molecule has 0 fully saturated rings. The fourth-order valence-electron chi connectivity index (χ4n) is 1.23. The van der Waals surface area contributed by atoms with Crippen LogP contribution in [0.1, 0.15) is 33.1 Å². The average Bonchev–Trinajstić information content (AvgIpc) is 2.15. The Balaban J connectivity index is 4.33. The number of amides is 1. The normalized spacial score (nSPS) is 10.3. The number of hydrogen-bond acceptors (Lipinski definition) is 4. The maximum atomic E-state index is 11.8. The molecule has 0 unspecified atom stereocenters. The Morgan fingerprint density at radius 3 is 2.00 bits per heavy atom. The van der Waals surface area contributed by atoms with Gasteiger partial charge in [0.15, 0.2) is 0 Å². The molecule has 2 N–H and O–H groups in total. The highest BCUT2D eigenvalue weighted by atomic mass is 16.2. The van der Waals surface area contributed by atoms with Gasteiger partial charge in [0.05, 0.1) is 25.0 Å². The monoisotopic (exact) mass is 222 g/mol. The van der Waals surface area contributed by atoms with E-state index in [1.165, 1.54) is 4.90 Å². The van der Waals surface area contributed by atoms with E-state index in [9.17, 15) is 4.79 Å². The quantitative estimate of drug-likeness (QED) is 0.718. The number of carbonyl (C=O) groups is 1. The summed E-state index contributed by atoms with van der Waals surface area (Å²) < 4.78 is 0. The van der Waals surface area contributed by atoms with Crippen LogP contribution in [-0.4, -0.2) is 29.4 Å². The van der Waals surface area contributed by atoms with Crippen molar-refractivity contribution in [2.45, 2.75) is 38.6 Å². The van der Waals surface area contributed by atoms with Crippen molar-refractivity contribution in [3.8, 4) is 12.1 Å². The molecule has 0 aromatic rings. The molecule has 0 bridgehead atoms. The van der Waals surface area contributed by atoms with E-state index in [2.05, 4.69) is 0 Å². The molecule has 0 rings (SSSR count). The van der Waals surface area contributed by atoms with Gasteiger partial charge in [-0.2, -0.15) is 10.5 Å². The van der Waals surface area contributed by atoms with Crippen LogP contribution in [-0.2, 0) is 4.79 Å². The molecule has 5 heteroatoms. The van der Waals surface area contributed by atoms with Crippen molar-refractivity contribution in [3.63, 3.8) is 0 Å². The topological polar surface area (TPSA) is 93.9 Å². The van der Waals surface area contributed by atoms with Crippen molar-refractivity contribution < 1.29 is 4.79 Å².